The number of nitrogens with two attached hydrogens (primary N) is 1. The van der Waals surface area contributed by atoms with E-state index in [-0.39, 0.29) is 17.8 Å². The third kappa shape index (κ3) is 3.49. The first-order chi connectivity index (χ1) is 7.87. The van der Waals surface area contributed by atoms with E-state index in [9.17, 15) is 18.0 Å². The lowest BCUT2D eigenvalue weighted by Crippen LogP contribution is -2.23. The molecule has 1 rings (SSSR count). The average Bonchev–Trinajstić information content (AvgIpc) is 2.20. The first-order valence-electron chi connectivity index (χ1n) is 4.45. The number of pyridine rings is 1. The Morgan fingerprint density at radius 2 is 2.18 bits per heavy atom. The molecule has 0 saturated heterocycles. The number of nitriles is 1. The van der Waals surface area contributed by atoms with E-state index in [2.05, 4.69) is 9.72 Å². The summed E-state index contributed by atoms with van der Waals surface area (Å²) >= 11 is 0. The van der Waals surface area contributed by atoms with Crippen molar-refractivity contribution >= 4 is 0 Å². The Hall–Kier alpha value is -2.01. The Balaban J connectivity index is 3.25. The van der Waals surface area contributed by atoms with Gasteiger partial charge in [0.15, 0.2) is 0 Å². The second-order valence-corrected chi connectivity index (χ2v) is 3.05. The predicted octanol–water partition coefficient (Wildman–Crippen LogP) is 0.798. The molecule has 1 heterocycles. The molecule has 0 atom stereocenters. The Bertz CT molecular complexity index is 502. The van der Waals surface area contributed by atoms with Crippen LogP contribution in [0.15, 0.2) is 10.9 Å². The van der Waals surface area contributed by atoms with Crippen LogP contribution in [0.25, 0.3) is 0 Å². The van der Waals surface area contributed by atoms with Crippen LogP contribution in [0, 0.1) is 11.3 Å². The van der Waals surface area contributed by atoms with E-state index in [0.29, 0.717) is 0 Å². The van der Waals surface area contributed by atoms with E-state index < -0.39 is 24.1 Å². The molecule has 0 aliphatic rings. The number of hydrogen-bond acceptors (Lipinski definition) is 4. The van der Waals surface area contributed by atoms with Crippen molar-refractivity contribution in [3.8, 4) is 11.8 Å². The molecule has 0 spiro atoms. The van der Waals surface area contributed by atoms with Gasteiger partial charge in [0.1, 0.15) is 5.75 Å². The van der Waals surface area contributed by atoms with Gasteiger partial charge in [0, 0.05) is 12.1 Å². The molecule has 0 fully saturated rings. The Morgan fingerprint density at radius 3 is 2.65 bits per heavy atom. The van der Waals surface area contributed by atoms with Crippen LogP contribution in [-0.2, 0) is 13.0 Å². The van der Waals surface area contributed by atoms with Crippen molar-refractivity contribution in [2.75, 3.05) is 0 Å². The van der Waals surface area contributed by atoms with Gasteiger partial charge in [0.05, 0.1) is 18.2 Å². The third-order valence-corrected chi connectivity index (χ3v) is 1.86. The number of nitrogens with zero attached hydrogens (tertiary/aromatic N) is 1. The molecule has 0 amide bonds. The van der Waals surface area contributed by atoms with Crippen LogP contribution in [0.5, 0.6) is 5.75 Å². The fourth-order valence-corrected chi connectivity index (χ4v) is 1.17. The lowest BCUT2D eigenvalue weighted by molar-refractivity contribution is -0.275. The molecule has 0 bridgehead atoms. The van der Waals surface area contributed by atoms with Crippen LogP contribution >= 0.6 is 0 Å². The number of H-pyrrole nitrogens is 1. The van der Waals surface area contributed by atoms with Gasteiger partial charge < -0.3 is 15.5 Å². The first kappa shape index (κ1) is 13.1. The summed E-state index contributed by atoms with van der Waals surface area (Å²) in [6, 6.07) is 2.51. The highest BCUT2D eigenvalue weighted by Crippen LogP contribution is 2.25. The summed E-state index contributed by atoms with van der Waals surface area (Å²) in [5.74, 6) is -0.612. The fraction of sp³-hybridized carbons (Fsp3) is 0.333. The van der Waals surface area contributed by atoms with Gasteiger partial charge in [-0.15, -0.1) is 13.2 Å². The van der Waals surface area contributed by atoms with E-state index in [0.717, 1.165) is 6.07 Å². The van der Waals surface area contributed by atoms with Crippen LogP contribution in [-0.4, -0.2) is 11.3 Å². The minimum atomic E-state index is -4.89. The normalized spacial score (nSPS) is 11.0. The van der Waals surface area contributed by atoms with E-state index in [1.165, 1.54) is 0 Å². The maximum absolute atomic E-state index is 12.1. The zero-order chi connectivity index (χ0) is 13.1. The van der Waals surface area contributed by atoms with Gasteiger partial charge in [-0.2, -0.15) is 5.26 Å². The van der Waals surface area contributed by atoms with Crippen molar-refractivity contribution < 1.29 is 17.9 Å². The molecule has 3 N–H and O–H groups in total. The summed E-state index contributed by atoms with van der Waals surface area (Å²) in [6.07, 6.45) is -5.29. The summed E-state index contributed by atoms with van der Waals surface area (Å²) in [7, 11) is 0. The summed E-state index contributed by atoms with van der Waals surface area (Å²) in [5, 5.41) is 8.43. The van der Waals surface area contributed by atoms with Gasteiger partial charge in [-0.05, 0) is 6.07 Å². The second kappa shape index (κ2) is 4.88. The number of ether oxygens (including phenoxy) is 1. The second-order valence-electron chi connectivity index (χ2n) is 3.05. The number of rotatable bonds is 3. The smallest absolute Gasteiger partial charge is 0.404 e. The molecule has 0 unspecified atom stereocenters. The van der Waals surface area contributed by atoms with Gasteiger partial charge in [-0.25, -0.2) is 0 Å². The maximum Gasteiger partial charge on any atom is 0.573 e. The standard InChI is InChI=1S/C9H8F3N3O2/c10-9(11,12)17-7-3-5(4-14)8(16)15-6(7)1-2-13/h3H,1,4,14H2,(H,15,16). The summed E-state index contributed by atoms with van der Waals surface area (Å²) < 4.78 is 39.9. The molecule has 5 nitrogen and oxygen atoms in total. The SMILES string of the molecule is N#CCc1[nH]c(=O)c(CN)cc1OC(F)(F)F. The lowest BCUT2D eigenvalue weighted by atomic mass is 10.2. The molecule has 0 aromatic carbocycles. The Kier molecular flexibility index (Phi) is 3.75. The Labute approximate surface area is 93.6 Å². The minimum Gasteiger partial charge on any atom is -0.404 e. The first-order valence-corrected chi connectivity index (χ1v) is 4.45. The number of aromatic amines is 1. The minimum absolute atomic E-state index is 0.0501. The molecular weight excluding hydrogens is 239 g/mol. The molecule has 17 heavy (non-hydrogen) atoms. The van der Waals surface area contributed by atoms with Gasteiger partial charge in [-0.3, -0.25) is 4.79 Å². The highest BCUT2D eigenvalue weighted by Gasteiger charge is 2.32. The van der Waals surface area contributed by atoms with Crippen molar-refractivity contribution in [3.63, 3.8) is 0 Å². The fourth-order valence-electron chi connectivity index (χ4n) is 1.17. The van der Waals surface area contributed by atoms with Crippen molar-refractivity contribution in [2.24, 2.45) is 5.73 Å². The van der Waals surface area contributed by atoms with Crippen LogP contribution in [0.1, 0.15) is 11.3 Å². The molecule has 8 heteroatoms. The van der Waals surface area contributed by atoms with E-state index in [1.54, 1.807) is 6.07 Å². The highest BCUT2D eigenvalue weighted by molar-refractivity contribution is 5.33. The molecular formula is C9H8F3N3O2. The van der Waals surface area contributed by atoms with E-state index >= 15 is 0 Å². The van der Waals surface area contributed by atoms with E-state index in [1.807, 2.05) is 0 Å². The topological polar surface area (TPSA) is 91.9 Å². The van der Waals surface area contributed by atoms with Gasteiger partial charge in [-0.1, -0.05) is 0 Å². The lowest BCUT2D eigenvalue weighted by Gasteiger charge is -2.12. The van der Waals surface area contributed by atoms with Gasteiger partial charge in [0.25, 0.3) is 5.56 Å². The molecule has 1 aromatic heterocycles. The third-order valence-electron chi connectivity index (χ3n) is 1.86. The predicted molar refractivity (Wildman–Crippen MR) is 51.0 cm³/mol. The number of aromatic nitrogens is 1. The van der Waals surface area contributed by atoms with Crippen LogP contribution < -0.4 is 16.0 Å². The zero-order valence-corrected chi connectivity index (χ0v) is 8.47. The van der Waals surface area contributed by atoms with Crippen molar-refractivity contribution in [2.45, 2.75) is 19.3 Å². The highest BCUT2D eigenvalue weighted by atomic mass is 19.4. The number of nitrogens with one attached hydrogen (secondary N) is 1. The van der Waals surface area contributed by atoms with Crippen molar-refractivity contribution in [3.05, 3.63) is 27.7 Å². The average molecular weight is 247 g/mol. The summed E-state index contributed by atoms with van der Waals surface area (Å²) in [4.78, 5) is 13.4. The van der Waals surface area contributed by atoms with Crippen molar-refractivity contribution in [1.82, 2.24) is 4.98 Å². The van der Waals surface area contributed by atoms with Gasteiger partial charge in [0.2, 0.25) is 0 Å². The number of halogens is 3. The molecule has 1 aromatic rings. The van der Waals surface area contributed by atoms with Gasteiger partial charge >= 0.3 is 6.36 Å². The van der Waals surface area contributed by atoms with Crippen LogP contribution in [0.2, 0.25) is 0 Å². The molecule has 0 aliphatic carbocycles. The van der Waals surface area contributed by atoms with Crippen LogP contribution in [0.3, 0.4) is 0 Å². The molecule has 0 aliphatic heterocycles. The van der Waals surface area contributed by atoms with Crippen LogP contribution in [0.4, 0.5) is 13.2 Å². The zero-order valence-electron chi connectivity index (χ0n) is 8.47. The van der Waals surface area contributed by atoms with Crippen molar-refractivity contribution in [1.29, 1.82) is 5.26 Å². The molecule has 92 valence electrons. The largest absolute Gasteiger partial charge is 0.573 e. The summed E-state index contributed by atoms with van der Waals surface area (Å²) in [6.45, 7) is -0.226. The number of alkyl halides is 3. The Morgan fingerprint density at radius 1 is 1.53 bits per heavy atom. The molecule has 0 saturated carbocycles. The maximum atomic E-state index is 12.1. The quantitative estimate of drug-likeness (QED) is 0.826. The number of hydrogen-bond donors (Lipinski definition) is 2. The monoisotopic (exact) mass is 247 g/mol. The summed E-state index contributed by atoms with van der Waals surface area (Å²) in [5.41, 5.74) is 4.27. The molecule has 0 radical (unpaired) electrons. The van der Waals surface area contributed by atoms with E-state index in [4.69, 9.17) is 11.0 Å².